The van der Waals surface area contributed by atoms with Gasteiger partial charge in [-0.25, -0.2) is 9.59 Å². The normalized spacial score (nSPS) is 13.5. The number of carboxylic acid groups (broad SMARTS) is 2. The smallest absolute Gasteiger partial charge is 0.475 e. The van der Waals surface area contributed by atoms with E-state index in [4.69, 9.17) is 19.8 Å². The average Bonchev–Trinajstić information content (AvgIpc) is 2.88. The molecule has 14 heteroatoms. The van der Waals surface area contributed by atoms with Crippen LogP contribution in [0.3, 0.4) is 0 Å². The van der Waals surface area contributed by atoms with Gasteiger partial charge < -0.3 is 20.0 Å². The largest absolute Gasteiger partial charge is 0.490 e. The lowest BCUT2D eigenvalue weighted by Crippen LogP contribution is -2.49. The van der Waals surface area contributed by atoms with Crippen LogP contribution in [0.25, 0.3) is 10.9 Å². The average molecular weight is 588 g/mol. The molecule has 0 unspecified atom stereocenters. The molecule has 0 bridgehead atoms. The van der Waals surface area contributed by atoms with Crippen LogP contribution in [0.5, 0.6) is 0 Å². The molecular weight excluding hydrogens is 560 g/mol. The summed E-state index contributed by atoms with van der Waals surface area (Å²) in [5, 5.41) is 15.3. The SMILES string of the molecule is Cc1ccc(N2CCN(C(=O)c3cc4cc(C)ccc4nc3C)CC2)cc1.O=C(O)C(F)(F)F.O=C(O)C(F)(F)F. The van der Waals surface area contributed by atoms with Crippen LogP contribution in [0.2, 0.25) is 0 Å². The molecule has 4 rings (SSSR count). The third kappa shape index (κ3) is 9.65. The van der Waals surface area contributed by atoms with Crippen LogP contribution in [0.1, 0.15) is 27.2 Å². The predicted molar refractivity (Wildman–Crippen MR) is 138 cm³/mol. The minimum Gasteiger partial charge on any atom is -0.475 e. The van der Waals surface area contributed by atoms with E-state index in [0.29, 0.717) is 0 Å². The summed E-state index contributed by atoms with van der Waals surface area (Å²) in [6.45, 7) is 9.26. The Balaban J connectivity index is 0.000000349. The molecule has 3 aromatic rings. The Hall–Kier alpha value is -4.36. The number of fused-ring (bicyclic) bond motifs is 1. The van der Waals surface area contributed by atoms with Gasteiger partial charge >= 0.3 is 24.3 Å². The number of carbonyl (C=O) groups excluding carboxylic acids is 1. The number of pyridine rings is 1. The van der Waals surface area contributed by atoms with Gasteiger partial charge in [-0.3, -0.25) is 9.78 Å². The molecule has 41 heavy (non-hydrogen) atoms. The number of rotatable bonds is 2. The monoisotopic (exact) mass is 587 g/mol. The Bertz CT molecular complexity index is 1360. The third-order valence-electron chi connectivity index (χ3n) is 5.84. The van der Waals surface area contributed by atoms with E-state index in [1.54, 1.807) is 0 Å². The highest BCUT2D eigenvalue weighted by Gasteiger charge is 2.38. The lowest BCUT2D eigenvalue weighted by atomic mass is 10.1. The molecule has 1 aliphatic rings. The van der Waals surface area contributed by atoms with Crippen molar-refractivity contribution in [1.29, 1.82) is 0 Å². The summed E-state index contributed by atoms with van der Waals surface area (Å²) in [4.78, 5) is 39.8. The minimum atomic E-state index is -5.08. The molecule has 1 aromatic heterocycles. The van der Waals surface area contributed by atoms with Crippen molar-refractivity contribution in [2.45, 2.75) is 33.1 Å². The molecule has 0 aliphatic carbocycles. The van der Waals surface area contributed by atoms with Gasteiger partial charge in [-0.2, -0.15) is 26.3 Å². The molecule has 2 aromatic carbocycles. The number of nitrogens with zero attached hydrogens (tertiary/aromatic N) is 3. The number of carbonyl (C=O) groups is 3. The maximum Gasteiger partial charge on any atom is 0.490 e. The maximum absolute atomic E-state index is 13.1. The number of halogens is 6. The second-order valence-corrected chi connectivity index (χ2v) is 9.04. The third-order valence-corrected chi connectivity index (χ3v) is 5.84. The molecule has 2 N–H and O–H groups in total. The van der Waals surface area contributed by atoms with Crippen LogP contribution in [0.4, 0.5) is 32.0 Å². The summed E-state index contributed by atoms with van der Waals surface area (Å²) in [6.07, 6.45) is -10.2. The molecule has 1 aliphatic heterocycles. The first kappa shape index (κ1) is 32.8. The zero-order valence-corrected chi connectivity index (χ0v) is 22.2. The standard InChI is InChI=1S/C23H25N3O.2C2HF3O2/c1-16-4-7-20(8-5-16)25-10-12-26(13-11-25)23(27)21-15-19-14-17(2)6-9-22(19)24-18(21)3;2*3-2(4,5)1(6)7/h4-9,14-15H,10-13H2,1-3H3;2*(H,6,7). The summed E-state index contributed by atoms with van der Waals surface area (Å²) in [5.74, 6) is -5.42. The first-order valence-corrected chi connectivity index (χ1v) is 12.0. The molecule has 1 amide bonds. The molecule has 8 nitrogen and oxygen atoms in total. The number of aryl methyl sites for hydroxylation is 3. The molecule has 0 spiro atoms. The molecule has 1 saturated heterocycles. The molecule has 0 atom stereocenters. The Labute approximate surface area is 230 Å². The number of anilines is 1. The Morgan fingerprint density at radius 2 is 1.20 bits per heavy atom. The second-order valence-electron chi connectivity index (χ2n) is 9.04. The van der Waals surface area contributed by atoms with Gasteiger partial charge in [0.25, 0.3) is 5.91 Å². The van der Waals surface area contributed by atoms with E-state index in [-0.39, 0.29) is 5.91 Å². The van der Waals surface area contributed by atoms with Crippen molar-refractivity contribution in [3.8, 4) is 0 Å². The first-order chi connectivity index (χ1) is 18.9. The van der Waals surface area contributed by atoms with Crippen molar-refractivity contribution >= 4 is 34.4 Å². The van der Waals surface area contributed by atoms with E-state index in [2.05, 4.69) is 60.1 Å². The lowest BCUT2D eigenvalue weighted by Gasteiger charge is -2.36. The van der Waals surface area contributed by atoms with Crippen molar-refractivity contribution in [3.63, 3.8) is 0 Å². The Morgan fingerprint density at radius 1 is 0.732 bits per heavy atom. The number of piperazine rings is 1. The number of amides is 1. The van der Waals surface area contributed by atoms with Crippen LogP contribution >= 0.6 is 0 Å². The number of aromatic nitrogens is 1. The molecule has 0 saturated carbocycles. The van der Waals surface area contributed by atoms with Gasteiger partial charge in [0.15, 0.2) is 0 Å². The van der Waals surface area contributed by atoms with Crippen LogP contribution in [0, 0.1) is 20.8 Å². The molecule has 0 radical (unpaired) electrons. The molecule has 1 fully saturated rings. The van der Waals surface area contributed by atoms with E-state index in [9.17, 15) is 31.1 Å². The van der Waals surface area contributed by atoms with Crippen molar-refractivity contribution in [2.24, 2.45) is 0 Å². The number of hydrogen-bond acceptors (Lipinski definition) is 5. The highest BCUT2D eigenvalue weighted by atomic mass is 19.4. The van der Waals surface area contributed by atoms with E-state index in [0.717, 1.165) is 48.3 Å². The maximum atomic E-state index is 13.1. The molecular formula is C27H27F6N3O5. The van der Waals surface area contributed by atoms with Crippen LogP contribution in [-0.2, 0) is 9.59 Å². The Kier molecular flexibility index (Phi) is 10.7. The van der Waals surface area contributed by atoms with Gasteiger partial charge in [-0.15, -0.1) is 0 Å². The Morgan fingerprint density at radius 3 is 1.66 bits per heavy atom. The summed E-state index contributed by atoms with van der Waals surface area (Å²) in [6, 6.07) is 16.8. The first-order valence-electron chi connectivity index (χ1n) is 12.0. The zero-order chi connectivity index (χ0) is 31.1. The van der Waals surface area contributed by atoms with Crippen molar-refractivity contribution < 1.29 is 50.9 Å². The van der Waals surface area contributed by atoms with E-state index < -0.39 is 24.3 Å². The zero-order valence-electron chi connectivity index (χ0n) is 22.2. The van der Waals surface area contributed by atoms with Crippen LogP contribution in [-0.4, -0.2) is 76.5 Å². The molecule has 2 heterocycles. The summed E-state index contributed by atoms with van der Waals surface area (Å²) in [7, 11) is 0. The fourth-order valence-corrected chi connectivity index (χ4v) is 3.70. The van der Waals surface area contributed by atoms with Gasteiger partial charge in [0, 0.05) is 37.3 Å². The molecule has 222 valence electrons. The van der Waals surface area contributed by atoms with Crippen molar-refractivity contribution in [2.75, 3.05) is 31.1 Å². The van der Waals surface area contributed by atoms with Crippen molar-refractivity contribution in [3.05, 3.63) is 70.9 Å². The van der Waals surface area contributed by atoms with Gasteiger partial charge in [0.1, 0.15) is 0 Å². The van der Waals surface area contributed by atoms with Crippen LogP contribution < -0.4 is 4.90 Å². The van der Waals surface area contributed by atoms with E-state index >= 15 is 0 Å². The highest BCUT2D eigenvalue weighted by molar-refractivity contribution is 5.98. The summed E-state index contributed by atoms with van der Waals surface area (Å²) in [5.41, 5.74) is 6.14. The fourth-order valence-electron chi connectivity index (χ4n) is 3.70. The summed E-state index contributed by atoms with van der Waals surface area (Å²) >= 11 is 0. The van der Waals surface area contributed by atoms with Gasteiger partial charge in [0.05, 0.1) is 16.8 Å². The minimum absolute atomic E-state index is 0.0898. The second kappa shape index (κ2) is 13.3. The van der Waals surface area contributed by atoms with Gasteiger partial charge in [-0.05, 0) is 51.1 Å². The topological polar surface area (TPSA) is 111 Å². The summed E-state index contributed by atoms with van der Waals surface area (Å²) < 4.78 is 63.5. The van der Waals surface area contributed by atoms with E-state index in [1.807, 2.05) is 24.0 Å². The highest BCUT2D eigenvalue weighted by Crippen LogP contribution is 2.22. The number of hydrogen-bond donors (Lipinski definition) is 2. The number of alkyl halides is 6. The lowest BCUT2D eigenvalue weighted by molar-refractivity contribution is -0.193. The van der Waals surface area contributed by atoms with E-state index in [1.165, 1.54) is 16.8 Å². The van der Waals surface area contributed by atoms with Gasteiger partial charge in [0.2, 0.25) is 0 Å². The quantitative estimate of drug-likeness (QED) is 0.387. The van der Waals surface area contributed by atoms with Gasteiger partial charge in [-0.1, -0.05) is 29.3 Å². The number of carboxylic acids is 2. The fraction of sp³-hybridized carbons (Fsp3) is 0.333. The van der Waals surface area contributed by atoms with Crippen molar-refractivity contribution in [1.82, 2.24) is 9.88 Å². The number of benzene rings is 2. The number of aliphatic carboxylic acids is 2. The van der Waals surface area contributed by atoms with Crippen LogP contribution in [0.15, 0.2) is 48.5 Å². The predicted octanol–water partition coefficient (Wildman–Crippen LogP) is 5.39.